The molecule has 0 fully saturated rings. The summed E-state index contributed by atoms with van der Waals surface area (Å²) in [5, 5.41) is 5.82. The molecule has 0 aliphatic heterocycles. The zero-order valence-electron chi connectivity index (χ0n) is 26.5. The molecule has 11 heteroatoms. The minimum Gasteiger partial charge on any atom is -0.467 e. The first-order valence-corrected chi connectivity index (χ1v) is 13.9. The van der Waals surface area contributed by atoms with Gasteiger partial charge in [-0.25, -0.2) is 9.59 Å². The van der Waals surface area contributed by atoms with Crippen molar-refractivity contribution in [3.05, 3.63) is 101 Å². The van der Waals surface area contributed by atoms with Gasteiger partial charge in [0.1, 0.15) is 18.7 Å². The summed E-state index contributed by atoms with van der Waals surface area (Å²) in [4.78, 5) is 57.4. The minimum atomic E-state index is -3.11. The summed E-state index contributed by atoms with van der Waals surface area (Å²) in [6.45, 7) is -0.0106. The fourth-order valence-corrected chi connectivity index (χ4v) is 5.52. The Hall–Kier alpha value is -5.54. The van der Waals surface area contributed by atoms with Gasteiger partial charge in [0.15, 0.2) is 0 Å². The first-order chi connectivity index (χ1) is 22.5. The van der Waals surface area contributed by atoms with Crippen LogP contribution in [0.2, 0.25) is 0 Å². The number of esters is 1. The number of carbonyl (C=O) groups is 4. The average Bonchev–Trinajstić information content (AvgIpc) is 3.59. The molecule has 224 valence electrons. The molecule has 44 heavy (non-hydrogen) atoms. The summed E-state index contributed by atoms with van der Waals surface area (Å²) in [6, 6.07) is 20.2. The van der Waals surface area contributed by atoms with Crippen LogP contribution in [0.5, 0.6) is 0 Å². The number of nitrogens with zero attached hydrogens (tertiary/aromatic N) is 2. The Labute approximate surface area is 257 Å². The molecule has 0 unspecified atom stereocenters. The van der Waals surface area contributed by atoms with E-state index in [0.717, 1.165) is 33.2 Å². The van der Waals surface area contributed by atoms with Crippen molar-refractivity contribution < 1.29 is 37.6 Å². The van der Waals surface area contributed by atoms with E-state index in [1.165, 1.54) is 0 Å². The number of aromatic amines is 1. The second kappa shape index (κ2) is 13.6. The summed E-state index contributed by atoms with van der Waals surface area (Å²) < 4.78 is 32.0. The van der Waals surface area contributed by atoms with Crippen molar-refractivity contribution in [2.24, 2.45) is 0 Å². The predicted octanol–water partition coefficient (Wildman–Crippen LogP) is 3.93. The van der Waals surface area contributed by atoms with Gasteiger partial charge in [0, 0.05) is 35.9 Å². The lowest BCUT2D eigenvalue weighted by molar-refractivity contribution is -0.145. The summed E-state index contributed by atoms with van der Waals surface area (Å²) in [5.41, 5.74) is 14.2. The molecule has 4 aromatic rings. The SMILES string of the molecule is [2H]C([2H])([2H])OC(=O)[C@H](CCC(=O)C=[N+]=[N-])NC(=O)[C@H](Cc1c[nH]c2ccccc12)NC(=O)OCC1c2ccccc2-c2ccccc21. The normalized spacial score (nSPS) is 14.4. The number of benzene rings is 3. The van der Waals surface area contributed by atoms with Crippen LogP contribution in [-0.4, -0.2) is 65.5 Å². The summed E-state index contributed by atoms with van der Waals surface area (Å²) in [7, 11) is -3.11. The number of nitrogens with one attached hydrogen (secondary N) is 3. The highest BCUT2D eigenvalue weighted by atomic mass is 16.5. The molecule has 2 atom stereocenters. The molecule has 1 aliphatic rings. The fourth-order valence-electron chi connectivity index (χ4n) is 5.52. The Morgan fingerprint density at radius 1 is 0.977 bits per heavy atom. The molecule has 3 N–H and O–H groups in total. The Kier molecular flexibility index (Phi) is 8.09. The third kappa shape index (κ3) is 6.58. The standard InChI is InChI=1S/C33H31N5O6/c1-43-32(41)29(15-14-21(39)18-36-34)37-31(40)30(16-20-17-35-28-13-7-6-8-22(20)28)38-33(42)44-19-27-25-11-4-2-9-23(25)24-10-3-5-12-26(24)27/h2-13,17-18,27,29-30,35H,14-16,19H2,1H3,(H,37,40)(H,38,42)/t29-,30-/m0/s1/i1D3. The number of ketones is 1. The highest BCUT2D eigenvalue weighted by molar-refractivity contribution is 6.25. The van der Waals surface area contributed by atoms with E-state index in [9.17, 15) is 19.2 Å². The third-order valence-electron chi connectivity index (χ3n) is 7.63. The van der Waals surface area contributed by atoms with Gasteiger partial charge in [-0.3, -0.25) is 9.59 Å². The smallest absolute Gasteiger partial charge is 0.407 e. The molecular weight excluding hydrogens is 562 g/mol. The van der Waals surface area contributed by atoms with E-state index in [0.29, 0.717) is 11.8 Å². The van der Waals surface area contributed by atoms with E-state index in [4.69, 9.17) is 14.4 Å². The van der Waals surface area contributed by atoms with Crippen LogP contribution in [0.1, 0.15) is 39.6 Å². The zero-order chi connectivity index (χ0) is 33.6. The van der Waals surface area contributed by atoms with Gasteiger partial charge in [0.2, 0.25) is 11.7 Å². The van der Waals surface area contributed by atoms with Gasteiger partial charge in [-0.05, 0) is 40.3 Å². The molecule has 2 amide bonds. The van der Waals surface area contributed by atoms with Crippen LogP contribution in [0.15, 0.2) is 79.0 Å². The number of hydrogen-bond acceptors (Lipinski definition) is 6. The number of para-hydroxylation sites is 1. The maximum absolute atomic E-state index is 13.7. The van der Waals surface area contributed by atoms with Crippen LogP contribution in [0, 0.1) is 0 Å². The number of amides is 2. The second-order valence-corrected chi connectivity index (χ2v) is 10.3. The van der Waals surface area contributed by atoms with Gasteiger partial charge in [-0.15, -0.1) is 0 Å². The molecule has 0 saturated carbocycles. The van der Waals surface area contributed by atoms with Gasteiger partial charge in [0.25, 0.3) is 0 Å². The van der Waals surface area contributed by atoms with Crippen LogP contribution in [0.25, 0.3) is 27.6 Å². The molecule has 1 aromatic heterocycles. The topological polar surface area (TPSA) is 163 Å². The number of carbonyl (C=O) groups excluding carboxylic acids is 4. The molecule has 0 radical (unpaired) electrons. The molecule has 1 aliphatic carbocycles. The van der Waals surface area contributed by atoms with Crippen molar-refractivity contribution in [2.75, 3.05) is 13.6 Å². The zero-order valence-corrected chi connectivity index (χ0v) is 23.5. The highest BCUT2D eigenvalue weighted by Crippen LogP contribution is 2.44. The fraction of sp³-hybridized carbons (Fsp3) is 0.242. The average molecular weight is 597 g/mol. The second-order valence-electron chi connectivity index (χ2n) is 10.3. The largest absolute Gasteiger partial charge is 0.467 e. The molecule has 0 saturated heterocycles. The molecule has 0 bridgehead atoms. The maximum atomic E-state index is 13.7. The number of hydrogen-bond donors (Lipinski definition) is 3. The van der Waals surface area contributed by atoms with Gasteiger partial charge < -0.3 is 30.6 Å². The van der Waals surface area contributed by atoms with Crippen molar-refractivity contribution in [1.82, 2.24) is 15.6 Å². The lowest BCUT2D eigenvalue weighted by Crippen LogP contribution is -2.53. The van der Waals surface area contributed by atoms with E-state index in [2.05, 4.69) is 25.1 Å². The summed E-state index contributed by atoms with van der Waals surface area (Å²) in [5.74, 6) is -3.06. The first kappa shape index (κ1) is 26.1. The Balaban J connectivity index is 1.35. The van der Waals surface area contributed by atoms with Gasteiger partial charge in [0.05, 0.1) is 11.2 Å². The highest BCUT2D eigenvalue weighted by Gasteiger charge is 2.31. The number of methoxy groups -OCH3 is 1. The lowest BCUT2D eigenvalue weighted by Gasteiger charge is -2.22. The van der Waals surface area contributed by atoms with Crippen LogP contribution >= 0.6 is 0 Å². The maximum Gasteiger partial charge on any atom is 0.407 e. The molecule has 5 rings (SSSR count). The molecule has 1 heterocycles. The summed E-state index contributed by atoms with van der Waals surface area (Å²) in [6.07, 6.45) is 0.651. The number of aromatic nitrogens is 1. The first-order valence-electron chi connectivity index (χ1n) is 15.4. The number of Topliss-reactive ketones (excluding diaryl/α,β-unsaturated/α-hetero) is 1. The monoisotopic (exact) mass is 596 g/mol. The summed E-state index contributed by atoms with van der Waals surface area (Å²) >= 11 is 0. The Morgan fingerprint density at radius 3 is 2.36 bits per heavy atom. The molecular formula is C33H31N5O6. The van der Waals surface area contributed by atoms with Crippen molar-refractivity contribution >= 4 is 40.9 Å². The minimum absolute atomic E-state index is 0.0106. The Morgan fingerprint density at radius 2 is 1.66 bits per heavy atom. The van der Waals surface area contributed by atoms with Crippen molar-refractivity contribution in [3.63, 3.8) is 0 Å². The van der Waals surface area contributed by atoms with Crippen molar-refractivity contribution in [2.45, 2.75) is 37.3 Å². The third-order valence-corrected chi connectivity index (χ3v) is 7.63. The molecule has 0 spiro atoms. The van der Waals surface area contributed by atoms with Crippen molar-refractivity contribution in [3.8, 4) is 11.1 Å². The molecule has 11 nitrogen and oxygen atoms in total. The van der Waals surface area contributed by atoms with Crippen LogP contribution < -0.4 is 10.6 Å². The van der Waals surface area contributed by atoms with E-state index >= 15 is 0 Å². The van der Waals surface area contributed by atoms with E-state index < -0.39 is 42.9 Å². The molecule has 3 aromatic carbocycles. The number of H-pyrrole nitrogens is 1. The van der Waals surface area contributed by atoms with Crippen LogP contribution in [0.3, 0.4) is 0 Å². The number of alkyl carbamates (subject to hydrolysis) is 1. The van der Waals surface area contributed by atoms with Gasteiger partial charge in [-0.2, -0.15) is 4.79 Å². The van der Waals surface area contributed by atoms with Gasteiger partial charge in [-0.1, -0.05) is 66.7 Å². The Bertz CT molecular complexity index is 1820. The van der Waals surface area contributed by atoms with E-state index in [-0.39, 0.29) is 31.8 Å². The van der Waals surface area contributed by atoms with Crippen LogP contribution in [0.4, 0.5) is 4.79 Å². The number of rotatable bonds is 12. The lowest BCUT2D eigenvalue weighted by atomic mass is 9.98. The van der Waals surface area contributed by atoms with Crippen LogP contribution in [-0.2, 0) is 30.3 Å². The van der Waals surface area contributed by atoms with Gasteiger partial charge >= 0.3 is 18.3 Å². The van der Waals surface area contributed by atoms with Crippen molar-refractivity contribution in [1.29, 1.82) is 0 Å². The van der Waals surface area contributed by atoms with E-state index in [1.807, 2.05) is 72.8 Å². The predicted molar refractivity (Wildman–Crippen MR) is 162 cm³/mol. The van der Waals surface area contributed by atoms with E-state index in [1.54, 1.807) is 6.20 Å². The quantitative estimate of drug-likeness (QED) is 0.0971. The number of fused-ring (bicyclic) bond motifs is 4. The number of ether oxygens (including phenoxy) is 2.